The maximum atomic E-state index is 13.7. The maximum Gasteiger partial charge on any atom is 0.266 e. The normalized spacial score (nSPS) is 18.3. The molecular weight excluding hydrogens is 558 g/mol. The molecule has 0 bridgehead atoms. The van der Waals surface area contributed by atoms with Crippen molar-refractivity contribution >= 4 is 27.7 Å². The van der Waals surface area contributed by atoms with Crippen LogP contribution in [0.4, 0.5) is 0 Å². The van der Waals surface area contributed by atoms with Crippen molar-refractivity contribution in [2.45, 2.75) is 50.7 Å². The first kappa shape index (κ1) is 28.8. The van der Waals surface area contributed by atoms with E-state index in [1.165, 1.54) is 5.56 Å². The molecule has 0 aromatic heterocycles. The molecule has 0 saturated carbocycles. The molecule has 7 nitrogen and oxygen atoms in total. The second-order valence-electron chi connectivity index (χ2n) is 9.68. The van der Waals surface area contributed by atoms with Gasteiger partial charge in [-0.15, -0.1) is 0 Å². The van der Waals surface area contributed by atoms with Crippen LogP contribution < -0.4 is 15.6 Å². The van der Waals surface area contributed by atoms with Gasteiger partial charge in [0.1, 0.15) is 11.9 Å². The van der Waals surface area contributed by atoms with Gasteiger partial charge < -0.3 is 14.6 Å². The summed E-state index contributed by atoms with van der Waals surface area (Å²) in [5, 5.41) is 8.95. The second-order valence-corrected chi connectivity index (χ2v) is 10.6. The molecule has 8 heteroatoms. The van der Waals surface area contributed by atoms with Gasteiger partial charge in [-0.1, -0.05) is 58.4 Å². The van der Waals surface area contributed by atoms with E-state index < -0.39 is 11.6 Å². The summed E-state index contributed by atoms with van der Waals surface area (Å²) in [6, 6.07) is 25.8. The van der Waals surface area contributed by atoms with E-state index in [-0.39, 0.29) is 12.5 Å². The van der Waals surface area contributed by atoms with Crippen LogP contribution in [0.1, 0.15) is 42.9 Å². The minimum absolute atomic E-state index is 0.0890. The number of aliphatic hydroxyl groups excluding tert-OH is 1. The molecule has 0 unspecified atom stereocenters. The highest BCUT2D eigenvalue weighted by atomic mass is 79.9. The number of carbonyl (C=O) groups is 1. The number of aliphatic hydroxyl groups is 1. The van der Waals surface area contributed by atoms with Crippen LogP contribution in [0.3, 0.4) is 0 Å². The largest absolute Gasteiger partial charge is 0.494 e. The highest BCUT2D eigenvalue weighted by Crippen LogP contribution is 2.33. The predicted molar refractivity (Wildman–Crippen MR) is 157 cm³/mol. The lowest BCUT2D eigenvalue weighted by molar-refractivity contribution is -0.129. The minimum Gasteiger partial charge on any atom is -0.494 e. The first-order valence-corrected chi connectivity index (χ1v) is 14.2. The van der Waals surface area contributed by atoms with Crippen LogP contribution in [0, 0.1) is 0 Å². The van der Waals surface area contributed by atoms with Crippen molar-refractivity contribution in [2.24, 2.45) is 4.99 Å². The van der Waals surface area contributed by atoms with Crippen molar-refractivity contribution < 1.29 is 19.4 Å². The van der Waals surface area contributed by atoms with Gasteiger partial charge in [0.25, 0.3) is 5.91 Å². The topological polar surface area (TPSA) is 92.2 Å². The van der Waals surface area contributed by atoms with E-state index in [0.717, 1.165) is 34.9 Å². The lowest BCUT2D eigenvalue weighted by Crippen LogP contribution is -2.56. The van der Waals surface area contributed by atoms with Crippen LogP contribution in [0.2, 0.25) is 0 Å². The van der Waals surface area contributed by atoms with E-state index in [4.69, 9.17) is 19.6 Å². The Kier molecular flexibility index (Phi) is 10.5. The molecule has 3 N–H and O–H groups in total. The average Bonchev–Trinajstić information content (AvgIpc) is 3.29. The number of aryl methyl sites for hydroxylation is 1. The van der Waals surface area contributed by atoms with Crippen LogP contribution >= 0.6 is 15.9 Å². The molecule has 0 aliphatic carbocycles. The summed E-state index contributed by atoms with van der Waals surface area (Å²) in [5.74, 6) is 0.911. The zero-order chi connectivity index (χ0) is 27.5. The Bertz CT molecular complexity index is 1220. The fourth-order valence-electron chi connectivity index (χ4n) is 4.49. The summed E-state index contributed by atoms with van der Waals surface area (Å²) in [6.45, 7) is 3.09. The van der Waals surface area contributed by atoms with Gasteiger partial charge in [-0.05, 0) is 73.7 Å². The highest BCUT2D eigenvalue weighted by molar-refractivity contribution is 9.10. The molecule has 4 rings (SSSR count). The summed E-state index contributed by atoms with van der Waals surface area (Å²) in [4.78, 5) is 18.6. The van der Waals surface area contributed by atoms with Crippen molar-refractivity contribution in [3.63, 3.8) is 0 Å². The summed E-state index contributed by atoms with van der Waals surface area (Å²) < 4.78 is 12.8. The molecule has 1 heterocycles. The van der Waals surface area contributed by atoms with Gasteiger partial charge in [-0.2, -0.15) is 0 Å². The number of nitrogens with one attached hydrogen (secondary N) is 2. The molecule has 3 aromatic carbocycles. The molecular formula is C31H36BrN3O4. The Labute approximate surface area is 238 Å². The number of hydrogen-bond acceptors (Lipinski definition) is 6. The molecule has 206 valence electrons. The number of hydrogen-bond donors (Lipinski definition) is 3. The van der Waals surface area contributed by atoms with Crippen LogP contribution in [0.25, 0.3) is 0 Å². The number of unbranched alkanes of at least 4 members (excludes halogenated alkanes) is 1. The monoisotopic (exact) mass is 593 g/mol. The van der Waals surface area contributed by atoms with E-state index >= 15 is 0 Å². The van der Waals surface area contributed by atoms with Gasteiger partial charge in [0, 0.05) is 36.0 Å². The molecule has 2 atom stereocenters. The molecule has 0 spiro atoms. The second kappa shape index (κ2) is 14.3. The number of benzene rings is 3. The maximum absolute atomic E-state index is 13.7. The number of aliphatic imine (C=N–C) groups is 1. The quantitative estimate of drug-likeness (QED) is 0.181. The first-order chi connectivity index (χ1) is 19.0. The Morgan fingerprint density at radius 2 is 1.74 bits per heavy atom. The zero-order valence-electron chi connectivity index (χ0n) is 22.2. The molecule has 39 heavy (non-hydrogen) atoms. The Morgan fingerprint density at radius 1 is 1.00 bits per heavy atom. The third kappa shape index (κ3) is 7.91. The van der Waals surface area contributed by atoms with Gasteiger partial charge in [0.2, 0.25) is 5.90 Å². The third-order valence-electron chi connectivity index (χ3n) is 6.78. The number of rotatable bonds is 14. The Morgan fingerprint density at radius 3 is 2.46 bits per heavy atom. The van der Waals surface area contributed by atoms with E-state index in [1.807, 2.05) is 61.5 Å². The fourth-order valence-corrected chi connectivity index (χ4v) is 4.76. The van der Waals surface area contributed by atoms with E-state index in [9.17, 15) is 4.79 Å². The number of halogens is 1. The minimum atomic E-state index is -1.13. The van der Waals surface area contributed by atoms with Crippen LogP contribution in [0.5, 0.6) is 5.75 Å². The van der Waals surface area contributed by atoms with E-state index in [1.54, 1.807) is 0 Å². The molecule has 1 aliphatic heterocycles. The van der Waals surface area contributed by atoms with Crippen molar-refractivity contribution in [2.75, 3.05) is 19.8 Å². The van der Waals surface area contributed by atoms with E-state index in [0.29, 0.717) is 37.6 Å². The molecule has 1 aliphatic rings. The van der Waals surface area contributed by atoms with Crippen molar-refractivity contribution in [3.8, 4) is 5.75 Å². The van der Waals surface area contributed by atoms with Crippen LogP contribution in [0.15, 0.2) is 88.3 Å². The smallest absolute Gasteiger partial charge is 0.266 e. The lowest BCUT2D eigenvalue weighted by atomic mass is 9.86. The predicted octanol–water partition coefficient (Wildman–Crippen LogP) is 5.00. The standard InChI is InChI=1S/C31H36BrN3O4/c1-23-31(22-25-11-15-27(32)16-12-25,30(37)35-33-19-6-5-10-24-8-3-2-4-9-24)34-29(39-23)26-13-17-28(18-14-26)38-21-7-20-36/h2-4,8-9,11-18,23,33,36H,5-7,10,19-22H2,1H3,(H,35,37)/t23-,31-/m0/s1. The molecule has 0 radical (unpaired) electrons. The highest BCUT2D eigenvalue weighted by Gasteiger charge is 2.50. The van der Waals surface area contributed by atoms with Gasteiger partial charge in [-0.25, -0.2) is 10.4 Å². The van der Waals surface area contributed by atoms with Crippen LogP contribution in [-0.4, -0.2) is 48.3 Å². The number of amides is 1. The number of ether oxygens (including phenoxy) is 2. The zero-order valence-corrected chi connectivity index (χ0v) is 23.8. The van der Waals surface area contributed by atoms with Crippen molar-refractivity contribution in [3.05, 3.63) is 100 Å². The summed E-state index contributed by atoms with van der Waals surface area (Å²) in [5.41, 5.74) is 7.97. The summed E-state index contributed by atoms with van der Waals surface area (Å²) >= 11 is 3.48. The third-order valence-corrected chi connectivity index (χ3v) is 7.31. The molecule has 0 fully saturated rings. The molecule has 1 amide bonds. The average molecular weight is 595 g/mol. The van der Waals surface area contributed by atoms with Gasteiger partial charge >= 0.3 is 0 Å². The number of nitrogens with zero attached hydrogens (tertiary/aromatic N) is 1. The Balaban J connectivity index is 1.43. The molecule has 3 aromatic rings. The molecule has 0 saturated heterocycles. The SMILES string of the molecule is C[C@@H]1OC(c2ccc(OCCCO)cc2)=N[C@]1(Cc1ccc(Br)cc1)C(=O)NNCCCCc1ccccc1. The number of hydrazine groups is 1. The lowest BCUT2D eigenvalue weighted by Gasteiger charge is -2.28. The van der Waals surface area contributed by atoms with Crippen molar-refractivity contribution in [1.82, 2.24) is 10.9 Å². The fraction of sp³-hybridized carbons (Fsp3) is 0.355. The van der Waals surface area contributed by atoms with E-state index in [2.05, 4.69) is 51.0 Å². The van der Waals surface area contributed by atoms with Gasteiger partial charge in [0.05, 0.1) is 6.61 Å². The first-order valence-electron chi connectivity index (χ1n) is 13.4. The van der Waals surface area contributed by atoms with Crippen LogP contribution in [-0.2, 0) is 22.4 Å². The Hall–Kier alpha value is -3.20. The van der Waals surface area contributed by atoms with Gasteiger partial charge in [0.15, 0.2) is 5.54 Å². The summed E-state index contributed by atoms with van der Waals surface area (Å²) in [7, 11) is 0. The van der Waals surface area contributed by atoms with Gasteiger partial charge in [-0.3, -0.25) is 10.2 Å². The summed E-state index contributed by atoms with van der Waals surface area (Å²) in [6.07, 6.45) is 3.46. The number of carbonyl (C=O) groups excluding carboxylic acids is 1. The van der Waals surface area contributed by atoms with Crippen molar-refractivity contribution in [1.29, 1.82) is 0 Å².